The Morgan fingerprint density at radius 2 is 1.86 bits per heavy atom. The molecule has 1 saturated carbocycles. The minimum atomic E-state index is -2.87. The van der Waals surface area contributed by atoms with Gasteiger partial charge in [-0.1, -0.05) is 18.9 Å². The number of ether oxygens (including phenoxy) is 2. The molecule has 0 spiro atoms. The Bertz CT molecular complexity index is 999. The number of pyridine rings is 1. The Balaban J connectivity index is 1.13. The second-order valence-corrected chi connectivity index (χ2v) is 10.4. The average Bonchev–Trinajstić information content (AvgIpc) is 3.15. The van der Waals surface area contributed by atoms with Gasteiger partial charge in [-0.3, -0.25) is 4.79 Å². The highest BCUT2D eigenvalue weighted by Crippen LogP contribution is 2.33. The quantitative estimate of drug-likeness (QED) is 0.423. The zero-order chi connectivity index (χ0) is 25.5. The second kappa shape index (κ2) is 12.1. The van der Waals surface area contributed by atoms with Crippen LogP contribution in [0.25, 0.3) is 0 Å². The van der Waals surface area contributed by atoms with Gasteiger partial charge in [0.1, 0.15) is 12.4 Å². The molecule has 0 N–H and O–H groups in total. The van der Waals surface area contributed by atoms with E-state index in [0.29, 0.717) is 29.9 Å². The lowest BCUT2D eigenvalue weighted by Crippen LogP contribution is -2.30. The van der Waals surface area contributed by atoms with Crippen molar-refractivity contribution in [3.05, 3.63) is 35.2 Å². The van der Waals surface area contributed by atoms with Crippen LogP contribution in [0.4, 0.5) is 8.78 Å². The first kappa shape index (κ1) is 26.5. The first-order valence-corrected chi connectivity index (χ1v) is 13.0. The molecular formula is C27H37F2N3O4. The predicted molar refractivity (Wildman–Crippen MR) is 131 cm³/mol. The molecule has 1 aliphatic heterocycles. The van der Waals surface area contributed by atoms with E-state index in [9.17, 15) is 13.6 Å². The van der Waals surface area contributed by atoms with E-state index in [1.807, 2.05) is 6.07 Å². The Morgan fingerprint density at radius 1 is 1.11 bits per heavy atom. The van der Waals surface area contributed by atoms with E-state index in [1.54, 1.807) is 19.1 Å². The molecule has 3 heterocycles. The van der Waals surface area contributed by atoms with Crippen LogP contribution < -0.4 is 9.47 Å². The van der Waals surface area contributed by atoms with Crippen LogP contribution in [-0.4, -0.2) is 59.6 Å². The molecule has 198 valence electrons. The summed E-state index contributed by atoms with van der Waals surface area (Å²) in [6.45, 7) is 4.99. The van der Waals surface area contributed by atoms with Crippen LogP contribution in [0.15, 0.2) is 22.7 Å². The third-order valence-corrected chi connectivity index (χ3v) is 7.20. The van der Waals surface area contributed by atoms with E-state index in [2.05, 4.69) is 15.0 Å². The minimum Gasteiger partial charge on any atom is -0.471 e. The third kappa shape index (κ3) is 8.25. The summed E-state index contributed by atoms with van der Waals surface area (Å²) in [6.07, 6.45) is 7.97. The lowest BCUT2D eigenvalue weighted by molar-refractivity contribution is -0.122. The van der Waals surface area contributed by atoms with Crippen LogP contribution in [0.3, 0.4) is 0 Å². The SMILES string of the molecule is Cc1cc(OCC(=O)CC2CCC(CCN3CCc4ccc(OCC(C)(F)F)nc4CC3)CC2)no1. The number of aryl methyl sites for hydroxylation is 1. The molecule has 0 atom stereocenters. The highest BCUT2D eigenvalue weighted by molar-refractivity contribution is 5.80. The maximum atomic E-state index is 13.1. The molecule has 0 radical (unpaired) electrons. The molecule has 2 aliphatic rings. The summed E-state index contributed by atoms with van der Waals surface area (Å²) >= 11 is 0. The Hall–Kier alpha value is -2.55. The van der Waals surface area contributed by atoms with Gasteiger partial charge in [-0.2, -0.15) is 0 Å². The molecule has 1 fully saturated rings. The number of aromatic nitrogens is 2. The normalized spacial score (nSPS) is 21.0. The molecule has 0 bridgehead atoms. The molecule has 4 rings (SSSR count). The van der Waals surface area contributed by atoms with Crippen molar-refractivity contribution in [3.8, 4) is 11.8 Å². The van der Waals surface area contributed by atoms with E-state index >= 15 is 0 Å². The van der Waals surface area contributed by atoms with Crippen molar-refractivity contribution in [2.45, 2.75) is 71.1 Å². The maximum absolute atomic E-state index is 13.1. The summed E-state index contributed by atoms with van der Waals surface area (Å²) in [5.41, 5.74) is 2.14. The molecule has 0 unspecified atom stereocenters. The van der Waals surface area contributed by atoms with Crippen molar-refractivity contribution < 1.29 is 27.6 Å². The minimum absolute atomic E-state index is 0.0524. The molecule has 9 heteroatoms. The van der Waals surface area contributed by atoms with Gasteiger partial charge in [0.05, 0.1) is 0 Å². The fraction of sp³-hybridized carbons (Fsp3) is 0.667. The van der Waals surface area contributed by atoms with Crippen LogP contribution in [0.5, 0.6) is 11.8 Å². The smallest absolute Gasteiger partial charge is 0.278 e. The van der Waals surface area contributed by atoms with Gasteiger partial charge in [0, 0.05) is 50.7 Å². The van der Waals surface area contributed by atoms with E-state index in [-0.39, 0.29) is 18.3 Å². The maximum Gasteiger partial charge on any atom is 0.278 e. The van der Waals surface area contributed by atoms with Crippen molar-refractivity contribution in [3.63, 3.8) is 0 Å². The van der Waals surface area contributed by atoms with Gasteiger partial charge >= 0.3 is 0 Å². The van der Waals surface area contributed by atoms with Crippen molar-refractivity contribution >= 4 is 5.78 Å². The Morgan fingerprint density at radius 3 is 2.58 bits per heavy atom. The zero-order valence-corrected chi connectivity index (χ0v) is 21.3. The van der Waals surface area contributed by atoms with Crippen molar-refractivity contribution in [1.82, 2.24) is 15.0 Å². The van der Waals surface area contributed by atoms with Crippen LogP contribution in [0.2, 0.25) is 0 Å². The van der Waals surface area contributed by atoms with Crippen molar-refractivity contribution in [2.75, 3.05) is 32.8 Å². The average molecular weight is 506 g/mol. The number of rotatable bonds is 11. The monoisotopic (exact) mass is 505 g/mol. The number of carbonyl (C=O) groups is 1. The second-order valence-electron chi connectivity index (χ2n) is 10.4. The van der Waals surface area contributed by atoms with Gasteiger partial charge in [-0.15, -0.1) is 0 Å². The molecule has 36 heavy (non-hydrogen) atoms. The van der Waals surface area contributed by atoms with E-state index < -0.39 is 12.5 Å². The molecular weight excluding hydrogens is 468 g/mol. The van der Waals surface area contributed by atoms with Crippen LogP contribution in [-0.2, 0) is 17.6 Å². The highest BCUT2D eigenvalue weighted by Gasteiger charge is 2.25. The highest BCUT2D eigenvalue weighted by atomic mass is 19.3. The standard InChI is InChI=1S/C27H37F2N3O4/c1-19-15-26(31-36-19)34-17-23(33)16-21-5-3-20(4-6-21)9-12-32-13-10-22-7-8-25(30-24(22)11-14-32)35-18-27(2,28)29/h7-8,15,20-21H,3-6,9-14,16-18H2,1-2H3. The Labute approximate surface area is 211 Å². The molecule has 0 aromatic carbocycles. The summed E-state index contributed by atoms with van der Waals surface area (Å²) < 4.78 is 41.7. The van der Waals surface area contributed by atoms with E-state index in [1.165, 1.54) is 24.8 Å². The van der Waals surface area contributed by atoms with E-state index in [4.69, 9.17) is 14.0 Å². The summed E-state index contributed by atoms with van der Waals surface area (Å²) in [7, 11) is 0. The summed E-state index contributed by atoms with van der Waals surface area (Å²) in [4.78, 5) is 19.3. The van der Waals surface area contributed by atoms with Crippen LogP contribution in [0.1, 0.15) is 62.5 Å². The first-order valence-electron chi connectivity index (χ1n) is 13.0. The van der Waals surface area contributed by atoms with Gasteiger partial charge in [0.2, 0.25) is 5.88 Å². The number of alkyl halides is 2. The lowest BCUT2D eigenvalue weighted by Gasteiger charge is -2.30. The molecule has 2 aromatic rings. The number of hydrogen-bond acceptors (Lipinski definition) is 7. The van der Waals surface area contributed by atoms with Crippen molar-refractivity contribution in [1.29, 1.82) is 0 Å². The molecule has 2 aromatic heterocycles. The van der Waals surface area contributed by atoms with Crippen LogP contribution in [0, 0.1) is 18.8 Å². The number of ketones is 1. The van der Waals surface area contributed by atoms with Gasteiger partial charge in [-0.25, -0.2) is 13.8 Å². The third-order valence-electron chi connectivity index (χ3n) is 7.20. The largest absolute Gasteiger partial charge is 0.471 e. The number of halogens is 2. The first-order chi connectivity index (χ1) is 17.2. The fourth-order valence-corrected chi connectivity index (χ4v) is 5.15. The molecule has 1 aliphatic carbocycles. The number of hydrogen-bond donors (Lipinski definition) is 0. The fourth-order valence-electron chi connectivity index (χ4n) is 5.15. The molecule has 0 saturated heterocycles. The lowest BCUT2D eigenvalue weighted by atomic mass is 9.78. The number of nitrogens with zero attached hydrogens (tertiary/aromatic N) is 3. The molecule has 0 amide bonds. The van der Waals surface area contributed by atoms with Gasteiger partial charge in [0.15, 0.2) is 12.4 Å². The summed E-state index contributed by atoms with van der Waals surface area (Å²) in [5, 5.41) is 3.75. The topological polar surface area (TPSA) is 77.7 Å². The summed E-state index contributed by atoms with van der Waals surface area (Å²) in [6, 6.07) is 5.35. The number of Topliss-reactive ketones (excluding diaryl/α,β-unsaturated/α-hetero) is 1. The predicted octanol–water partition coefficient (Wildman–Crippen LogP) is 5.05. The van der Waals surface area contributed by atoms with Crippen LogP contribution >= 0.6 is 0 Å². The Kier molecular flexibility index (Phi) is 8.93. The van der Waals surface area contributed by atoms with Gasteiger partial charge < -0.3 is 18.9 Å². The van der Waals surface area contributed by atoms with Gasteiger partial charge in [-0.05, 0) is 61.7 Å². The summed E-state index contributed by atoms with van der Waals surface area (Å²) in [5.74, 6) is -0.298. The molecule has 7 nitrogen and oxygen atoms in total. The number of fused-ring (bicyclic) bond motifs is 1. The number of carbonyl (C=O) groups excluding carboxylic acids is 1. The zero-order valence-electron chi connectivity index (χ0n) is 21.3. The van der Waals surface area contributed by atoms with E-state index in [0.717, 1.165) is 57.9 Å². The van der Waals surface area contributed by atoms with Crippen molar-refractivity contribution in [2.24, 2.45) is 11.8 Å². The van der Waals surface area contributed by atoms with Gasteiger partial charge in [0.25, 0.3) is 11.8 Å².